The number of carbonyl (C=O) groups is 1. The monoisotopic (exact) mass is 380 g/mol. The summed E-state index contributed by atoms with van der Waals surface area (Å²) in [6, 6.07) is 0. The lowest BCUT2D eigenvalue weighted by molar-refractivity contribution is -0.154. The molecule has 7 nitrogen and oxygen atoms in total. The highest BCUT2D eigenvalue weighted by Gasteiger charge is 2.57. The summed E-state index contributed by atoms with van der Waals surface area (Å²) in [5.41, 5.74) is -0.865. The number of ether oxygens (including phenoxy) is 3. The Kier molecular flexibility index (Phi) is 9.48. The molecule has 0 aromatic heterocycles. The minimum Gasteiger partial charge on any atom is -0.457 e. The van der Waals surface area contributed by atoms with E-state index in [9.17, 15) is 9.36 Å². The normalized spacial score (nSPS) is 13.2. The van der Waals surface area contributed by atoms with Crippen molar-refractivity contribution in [1.29, 1.82) is 0 Å². The highest BCUT2D eigenvalue weighted by molar-refractivity contribution is 7.61. The van der Waals surface area contributed by atoms with Crippen molar-refractivity contribution in [2.24, 2.45) is 0 Å². The zero-order valence-electron chi connectivity index (χ0n) is 13.4. The third kappa shape index (κ3) is 7.13. The number of carbonyl (C=O) groups excluding carboxylic acids is 1. The Labute approximate surface area is 141 Å². The van der Waals surface area contributed by atoms with Gasteiger partial charge in [-0.25, -0.2) is 4.79 Å². The maximum atomic E-state index is 12.8. The van der Waals surface area contributed by atoms with E-state index in [-0.39, 0.29) is 26.4 Å². The zero-order chi connectivity index (χ0) is 17.4. The number of hydrogen-bond acceptors (Lipinski definition) is 7. The maximum absolute atomic E-state index is 12.8. The van der Waals surface area contributed by atoms with Crippen LogP contribution >= 0.6 is 30.8 Å². The predicted octanol–water partition coefficient (Wildman–Crippen LogP) is 2.98. The van der Waals surface area contributed by atoms with Crippen molar-refractivity contribution < 1.29 is 32.6 Å². The molecule has 0 radical (unpaired) electrons. The van der Waals surface area contributed by atoms with Crippen molar-refractivity contribution in [2.45, 2.75) is 30.4 Å². The van der Waals surface area contributed by atoms with Crippen molar-refractivity contribution >= 4 is 36.8 Å². The van der Waals surface area contributed by atoms with Gasteiger partial charge in [-0.1, -0.05) is 23.2 Å². The fraction of sp³-hybridized carbons (Fsp3) is 0.917. The highest BCUT2D eigenvalue weighted by Crippen LogP contribution is 2.65. The molecule has 0 amide bonds. The van der Waals surface area contributed by atoms with E-state index in [1.807, 2.05) is 0 Å². The third-order valence-corrected chi connectivity index (χ3v) is 5.55. The SMILES string of the molecule is COCCOP(=O)(OCCOC)C(Cl)(Cl)C(=O)OC(C)(C)C. The van der Waals surface area contributed by atoms with Gasteiger partial charge >= 0.3 is 17.6 Å². The number of methoxy groups -OCH3 is 2. The molecule has 0 aliphatic heterocycles. The van der Waals surface area contributed by atoms with E-state index in [4.69, 9.17) is 46.5 Å². The highest BCUT2D eigenvalue weighted by atomic mass is 35.5. The number of hydrogen-bond donors (Lipinski definition) is 0. The fourth-order valence-electron chi connectivity index (χ4n) is 1.13. The molecule has 0 rings (SSSR count). The smallest absolute Gasteiger partial charge is 0.378 e. The Morgan fingerprint density at radius 2 is 1.36 bits per heavy atom. The Morgan fingerprint density at radius 1 is 0.955 bits per heavy atom. The van der Waals surface area contributed by atoms with Gasteiger partial charge in [0.1, 0.15) is 5.60 Å². The Balaban J connectivity index is 5.16. The molecule has 0 saturated heterocycles. The van der Waals surface area contributed by atoms with Crippen LogP contribution in [0.2, 0.25) is 0 Å². The summed E-state index contributed by atoms with van der Waals surface area (Å²) in [6.45, 7) is 4.87. The van der Waals surface area contributed by atoms with E-state index in [2.05, 4.69) is 0 Å². The summed E-state index contributed by atoms with van der Waals surface area (Å²) < 4.78 is 35.1. The molecule has 0 spiro atoms. The second-order valence-electron chi connectivity index (χ2n) is 5.19. The van der Waals surface area contributed by atoms with Gasteiger partial charge in [0, 0.05) is 14.2 Å². The van der Waals surface area contributed by atoms with Gasteiger partial charge in [-0.2, -0.15) is 0 Å². The summed E-state index contributed by atoms with van der Waals surface area (Å²) in [7, 11) is -1.36. The van der Waals surface area contributed by atoms with Gasteiger partial charge < -0.3 is 23.3 Å². The molecule has 0 bridgehead atoms. The van der Waals surface area contributed by atoms with Crippen LogP contribution in [0.25, 0.3) is 0 Å². The fourth-order valence-corrected chi connectivity index (χ4v) is 3.09. The van der Waals surface area contributed by atoms with Crippen LogP contribution in [0.5, 0.6) is 0 Å². The van der Waals surface area contributed by atoms with Crippen LogP contribution in [0.4, 0.5) is 0 Å². The van der Waals surface area contributed by atoms with Crippen LogP contribution in [0.15, 0.2) is 0 Å². The quantitative estimate of drug-likeness (QED) is 0.249. The van der Waals surface area contributed by atoms with E-state index < -0.39 is 23.2 Å². The summed E-state index contributed by atoms with van der Waals surface area (Å²) in [6.07, 6.45) is 0. The van der Waals surface area contributed by atoms with Gasteiger partial charge in [-0.3, -0.25) is 4.57 Å². The van der Waals surface area contributed by atoms with Crippen LogP contribution in [0, 0.1) is 0 Å². The second-order valence-corrected chi connectivity index (χ2v) is 9.23. The first-order valence-corrected chi connectivity index (χ1v) is 8.78. The molecule has 0 N–H and O–H groups in total. The summed E-state index contributed by atoms with van der Waals surface area (Å²) in [5, 5.41) is 0. The molecule has 0 heterocycles. The van der Waals surface area contributed by atoms with Crippen LogP contribution < -0.4 is 0 Å². The largest absolute Gasteiger partial charge is 0.457 e. The Hall–Kier alpha value is 0.120. The van der Waals surface area contributed by atoms with Gasteiger partial charge in [-0.05, 0) is 20.8 Å². The standard InChI is InChI=1S/C12H23Cl2O7P/c1-11(2,3)21-10(15)12(13,14)22(16,19-8-6-17-4)20-9-7-18-5/h6-9H2,1-5H3. The Morgan fingerprint density at radius 3 is 1.68 bits per heavy atom. The van der Waals surface area contributed by atoms with Gasteiger partial charge in [0.05, 0.1) is 26.4 Å². The average Bonchev–Trinajstić information content (AvgIpc) is 2.37. The molecular formula is C12H23Cl2O7P. The van der Waals surface area contributed by atoms with Crippen LogP contribution in [-0.4, -0.2) is 56.3 Å². The molecule has 132 valence electrons. The molecule has 0 aliphatic carbocycles. The first kappa shape index (κ1) is 22.1. The second kappa shape index (κ2) is 9.42. The summed E-state index contributed by atoms with van der Waals surface area (Å²) in [5.74, 6) is -1.11. The first-order chi connectivity index (χ1) is 10.00. The van der Waals surface area contributed by atoms with E-state index in [0.29, 0.717) is 0 Å². The lowest BCUT2D eigenvalue weighted by Gasteiger charge is -2.30. The summed E-state index contributed by atoms with van der Waals surface area (Å²) in [4.78, 5) is 12.1. The number of alkyl halides is 2. The van der Waals surface area contributed by atoms with Gasteiger partial charge in [-0.15, -0.1) is 0 Å². The number of esters is 1. The van der Waals surface area contributed by atoms with E-state index >= 15 is 0 Å². The molecule has 0 saturated carbocycles. The maximum Gasteiger partial charge on any atom is 0.378 e. The molecule has 0 aromatic rings. The minimum absolute atomic E-state index is 0.120. The number of halogens is 2. The summed E-state index contributed by atoms with van der Waals surface area (Å²) >= 11 is 11.9. The van der Waals surface area contributed by atoms with Crippen molar-refractivity contribution in [3.05, 3.63) is 0 Å². The average molecular weight is 381 g/mol. The minimum atomic E-state index is -4.23. The topological polar surface area (TPSA) is 80.3 Å². The third-order valence-electron chi connectivity index (χ3n) is 2.09. The van der Waals surface area contributed by atoms with Gasteiger partial charge in [0.25, 0.3) is 0 Å². The molecule has 0 atom stereocenters. The lowest BCUT2D eigenvalue weighted by Crippen LogP contribution is -2.36. The van der Waals surface area contributed by atoms with E-state index in [1.54, 1.807) is 20.8 Å². The molecule has 0 aromatic carbocycles. The molecule has 0 fully saturated rings. The molecule has 0 unspecified atom stereocenters. The van der Waals surface area contributed by atoms with Gasteiger partial charge in [0.2, 0.25) is 0 Å². The van der Waals surface area contributed by atoms with Crippen molar-refractivity contribution in [3.8, 4) is 0 Å². The van der Waals surface area contributed by atoms with E-state index in [0.717, 1.165) is 0 Å². The molecular weight excluding hydrogens is 358 g/mol. The predicted molar refractivity (Wildman–Crippen MR) is 83.5 cm³/mol. The zero-order valence-corrected chi connectivity index (χ0v) is 15.8. The van der Waals surface area contributed by atoms with Crippen molar-refractivity contribution in [3.63, 3.8) is 0 Å². The molecule has 0 aliphatic rings. The van der Waals surface area contributed by atoms with E-state index in [1.165, 1.54) is 14.2 Å². The molecule has 22 heavy (non-hydrogen) atoms. The van der Waals surface area contributed by atoms with Crippen LogP contribution in [-0.2, 0) is 32.6 Å². The first-order valence-electron chi connectivity index (χ1n) is 6.48. The van der Waals surface area contributed by atoms with Crippen molar-refractivity contribution in [1.82, 2.24) is 0 Å². The van der Waals surface area contributed by atoms with Crippen LogP contribution in [0.1, 0.15) is 20.8 Å². The van der Waals surface area contributed by atoms with Crippen molar-refractivity contribution in [2.75, 3.05) is 40.6 Å². The Bertz CT molecular complexity index is 381. The van der Waals surface area contributed by atoms with Gasteiger partial charge in [0.15, 0.2) is 0 Å². The number of rotatable bonds is 10. The van der Waals surface area contributed by atoms with Crippen LogP contribution in [0.3, 0.4) is 0 Å². The lowest BCUT2D eigenvalue weighted by atomic mass is 10.2. The molecule has 10 heteroatoms.